The molecule has 0 spiro atoms. The van der Waals surface area contributed by atoms with Crippen LogP contribution in [-0.4, -0.2) is 31.6 Å². The van der Waals surface area contributed by atoms with E-state index in [2.05, 4.69) is 20.3 Å². The highest BCUT2D eigenvalue weighted by molar-refractivity contribution is 6.08. The summed E-state index contributed by atoms with van der Waals surface area (Å²) in [5.41, 5.74) is 9.29. The van der Waals surface area contributed by atoms with Gasteiger partial charge in [0.2, 0.25) is 0 Å². The van der Waals surface area contributed by atoms with Crippen LogP contribution in [0.1, 0.15) is 0 Å². The van der Waals surface area contributed by atoms with E-state index in [0.29, 0.717) is 5.82 Å². The van der Waals surface area contributed by atoms with Crippen molar-refractivity contribution in [1.29, 1.82) is 0 Å². The zero-order chi connectivity index (χ0) is 15.1. The van der Waals surface area contributed by atoms with Gasteiger partial charge < -0.3 is 5.73 Å². The molecule has 3 heterocycles. The number of aromatic amines is 1. The van der Waals surface area contributed by atoms with Crippen molar-refractivity contribution in [2.24, 2.45) is 0 Å². The number of H-pyrrole nitrogens is 1. The quantitative estimate of drug-likeness (QED) is 0.608. The summed E-state index contributed by atoms with van der Waals surface area (Å²) in [4.78, 5) is 4.44. The van der Waals surface area contributed by atoms with Crippen molar-refractivity contribution >= 4 is 27.6 Å². The van der Waals surface area contributed by atoms with Crippen LogP contribution in [0.2, 0.25) is 0 Å². The van der Waals surface area contributed by atoms with Crippen molar-refractivity contribution in [3.8, 4) is 11.3 Å². The van der Waals surface area contributed by atoms with Gasteiger partial charge in [-0.1, -0.05) is 6.07 Å². The van der Waals surface area contributed by atoms with Crippen LogP contribution in [-0.2, 0) is 6.54 Å². The zero-order valence-electron chi connectivity index (χ0n) is 11.6. The number of hydrogen-bond donors (Lipinski definition) is 2. The van der Waals surface area contributed by atoms with Crippen LogP contribution in [0.3, 0.4) is 0 Å². The van der Waals surface area contributed by atoms with E-state index in [0.717, 1.165) is 33.1 Å². The molecule has 7 heteroatoms. The first-order chi connectivity index (χ1) is 10.8. The number of nitrogens with one attached hydrogen (secondary N) is 1. The molecule has 0 amide bonds. The number of aromatic nitrogens is 5. The number of nitrogen functional groups attached to an aromatic ring is 1. The first kappa shape index (κ1) is 12.8. The Morgan fingerprint density at radius 2 is 2.14 bits per heavy atom. The summed E-state index contributed by atoms with van der Waals surface area (Å²) in [7, 11) is 0. The fraction of sp³-hybridized carbons (Fsp3) is 0.133. The number of nitrogens with two attached hydrogens (primary N) is 1. The van der Waals surface area contributed by atoms with E-state index in [-0.39, 0.29) is 6.54 Å². The van der Waals surface area contributed by atoms with Crippen LogP contribution in [0, 0.1) is 0 Å². The second-order valence-electron chi connectivity index (χ2n) is 5.03. The predicted molar refractivity (Wildman–Crippen MR) is 83.0 cm³/mol. The second kappa shape index (κ2) is 4.80. The van der Waals surface area contributed by atoms with Crippen molar-refractivity contribution in [1.82, 2.24) is 25.0 Å². The van der Waals surface area contributed by atoms with E-state index in [1.54, 1.807) is 17.1 Å². The number of rotatable bonds is 3. The molecule has 4 rings (SSSR count). The van der Waals surface area contributed by atoms with Gasteiger partial charge >= 0.3 is 0 Å². The van der Waals surface area contributed by atoms with Crippen molar-refractivity contribution in [3.05, 3.63) is 36.7 Å². The van der Waals surface area contributed by atoms with Gasteiger partial charge in [-0.05, 0) is 18.2 Å². The maximum atomic E-state index is 12.5. The van der Waals surface area contributed by atoms with E-state index in [1.807, 2.05) is 24.3 Å². The first-order valence-corrected chi connectivity index (χ1v) is 6.89. The van der Waals surface area contributed by atoms with Gasteiger partial charge in [-0.15, -0.1) is 0 Å². The standard InChI is InChI=1S/C15H13FN6/c16-4-6-22-8-11-14(21-22)10-2-1-9(12-3-5-18-20-12)7-13(10)19-15(11)17/h1-3,5,7-8H,4,6H2,(H2,17,19)(H,18,20). The topological polar surface area (TPSA) is 85.4 Å². The van der Waals surface area contributed by atoms with Gasteiger partial charge in [-0.2, -0.15) is 10.2 Å². The Hall–Kier alpha value is -2.96. The van der Waals surface area contributed by atoms with Crippen molar-refractivity contribution in [2.45, 2.75) is 6.54 Å². The summed E-state index contributed by atoms with van der Waals surface area (Å²) in [5, 5.41) is 13.0. The third-order valence-corrected chi connectivity index (χ3v) is 3.64. The molecule has 0 radical (unpaired) electrons. The molecule has 3 aromatic heterocycles. The normalized spacial score (nSPS) is 11.5. The summed E-state index contributed by atoms with van der Waals surface area (Å²) < 4.78 is 14.1. The van der Waals surface area contributed by atoms with Gasteiger partial charge in [0.15, 0.2) is 0 Å². The lowest BCUT2D eigenvalue weighted by atomic mass is 10.1. The Kier molecular flexibility index (Phi) is 2.78. The maximum absolute atomic E-state index is 12.5. The van der Waals surface area contributed by atoms with Crippen LogP contribution < -0.4 is 5.73 Å². The Balaban J connectivity index is 1.96. The molecule has 0 bridgehead atoms. The van der Waals surface area contributed by atoms with Crippen molar-refractivity contribution in [2.75, 3.05) is 12.4 Å². The van der Waals surface area contributed by atoms with Gasteiger partial charge in [0, 0.05) is 23.3 Å². The molecule has 3 N–H and O–H groups in total. The summed E-state index contributed by atoms with van der Waals surface area (Å²) in [6.45, 7) is -0.260. The Bertz CT molecular complexity index is 957. The third-order valence-electron chi connectivity index (χ3n) is 3.64. The number of aryl methyl sites for hydroxylation is 1. The van der Waals surface area contributed by atoms with Crippen molar-refractivity contribution in [3.63, 3.8) is 0 Å². The molecule has 0 unspecified atom stereocenters. The monoisotopic (exact) mass is 296 g/mol. The summed E-state index contributed by atoms with van der Waals surface area (Å²) in [6, 6.07) is 7.72. The van der Waals surface area contributed by atoms with E-state index < -0.39 is 6.67 Å². The summed E-state index contributed by atoms with van der Waals surface area (Å²) in [6.07, 6.45) is 3.50. The molecule has 22 heavy (non-hydrogen) atoms. The number of benzene rings is 1. The molecule has 110 valence electrons. The molecule has 1 aromatic carbocycles. The molecular formula is C15H13FN6. The van der Waals surface area contributed by atoms with E-state index in [1.165, 1.54) is 0 Å². The minimum Gasteiger partial charge on any atom is -0.383 e. The molecule has 6 nitrogen and oxygen atoms in total. The molecule has 4 aromatic rings. The fourth-order valence-electron chi connectivity index (χ4n) is 2.60. The van der Waals surface area contributed by atoms with Gasteiger partial charge in [-0.3, -0.25) is 9.78 Å². The van der Waals surface area contributed by atoms with Crippen LogP contribution in [0.15, 0.2) is 36.7 Å². The minimum atomic E-state index is -0.470. The van der Waals surface area contributed by atoms with Gasteiger partial charge in [0.1, 0.15) is 18.0 Å². The van der Waals surface area contributed by atoms with E-state index >= 15 is 0 Å². The number of alkyl halides is 1. The molecular weight excluding hydrogens is 283 g/mol. The third kappa shape index (κ3) is 1.90. The van der Waals surface area contributed by atoms with Crippen LogP contribution >= 0.6 is 0 Å². The van der Waals surface area contributed by atoms with E-state index in [4.69, 9.17) is 5.73 Å². The van der Waals surface area contributed by atoms with Gasteiger partial charge in [-0.25, -0.2) is 9.37 Å². The molecule has 0 atom stereocenters. The van der Waals surface area contributed by atoms with Crippen LogP contribution in [0.5, 0.6) is 0 Å². The van der Waals surface area contributed by atoms with Gasteiger partial charge in [0.25, 0.3) is 0 Å². The largest absolute Gasteiger partial charge is 0.383 e. The number of nitrogens with zero attached hydrogens (tertiary/aromatic N) is 4. The zero-order valence-corrected chi connectivity index (χ0v) is 11.6. The lowest BCUT2D eigenvalue weighted by Crippen LogP contribution is -1.99. The summed E-state index contributed by atoms with van der Waals surface area (Å²) in [5.74, 6) is 0.395. The molecule has 0 saturated heterocycles. The lowest BCUT2D eigenvalue weighted by molar-refractivity contribution is 0.428. The van der Waals surface area contributed by atoms with E-state index in [9.17, 15) is 4.39 Å². The molecule has 0 aliphatic heterocycles. The Morgan fingerprint density at radius 3 is 2.91 bits per heavy atom. The number of hydrogen-bond acceptors (Lipinski definition) is 4. The number of halogens is 1. The maximum Gasteiger partial charge on any atom is 0.135 e. The van der Waals surface area contributed by atoms with Crippen LogP contribution in [0.25, 0.3) is 33.1 Å². The SMILES string of the molecule is Nc1nc2cc(-c3cc[nH]n3)ccc2c2nn(CCF)cc12. The average Bonchev–Trinajstić information content (AvgIpc) is 3.17. The number of fused-ring (bicyclic) bond motifs is 3. The Morgan fingerprint density at radius 1 is 1.23 bits per heavy atom. The first-order valence-electron chi connectivity index (χ1n) is 6.89. The fourth-order valence-corrected chi connectivity index (χ4v) is 2.60. The van der Waals surface area contributed by atoms with Crippen LogP contribution in [0.4, 0.5) is 10.2 Å². The lowest BCUT2D eigenvalue weighted by Gasteiger charge is -2.03. The average molecular weight is 296 g/mol. The highest BCUT2D eigenvalue weighted by Gasteiger charge is 2.12. The highest BCUT2D eigenvalue weighted by atomic mass is 19.1. The summed E-state index contributed by atoms with van der Waals surface area (Å²) >= 11 is 0. The Labute approximate surface area is 124 Å². The molecule has 0 aliphatic carbocycles. The smallest absolute Gasteiger partial charge is 0.135 e. The number of anilines is 1. The predicted octanol–water partition coefficient (Wildman–Crippen LogP) is 2.53. The second-order valence-corrected chi connectivity index (χ2v) is 5.03. The molecule has 0 aliphatic rings. The molecule has 0 saturated carbocycles. The highest BCUT2D eigenvalue weighted by Crippen LogP contribution is 2.29. The van der Waals surface area contributed by atoms with Gasteiger partial charge in [0.05, 0.1) is 23.1 Å². The number of pyridine rings is 1. The van der Waals surface area contributed by atoms with Crippen molar-refractivity contribution < 1.29 is 4.39 Å². The minimum absolute atomic E-state index is 0.209. The molecule has 0 fully saturated rings.